The average molecular weight is 250 g/mol. The molecule has 0 radical (unpaired) electrons. The van der Waals surface area contributed by atoms with Crippen molar-refractivity contribution < 1.29 is 22.7 Å². The van der Waals surface area contributed by atoms with Crippen LogP contribution in [-0.2, 0) is 0 Å². The van der Waals surface area contributed by atoms with Crippen molar-refractivity contribution in [3.63, 3.8) is 0 Å². The molecule has 0 bridgehead atoms. The van der Waals surface area contributed by atoms with Gasteiger partial charge in [-0.3, -0.25) is 0 Å². The van der Waals surface area contributed by atoms with Gasteiger partial charge < -0.3 is 5.11 Å². The Balaban J connectivity index is 2.55. The molecule has 17 heavy (non-hydrogen) atoms. The average Bonchev–Trinajstić information content (AvgIpc) is 2.15. The number of alkyl halides is 3. The van der Waals surface area contributed by atoms with E-state index in [-0.39, 0.29) is 18.4 Å². The van der Waals surface area contributed by atoms with E-state index in [1.807, 2.05) is 0 Å². The lowest BCUT2D eigenvalue weighted by Gasteiger charge is -2.13. The zero-order chi connectivity index (χ0) is 13.1. The summed E-state index contributed by atoms with van der Waals surface area (Å²) in [7, 11) is 0. The van der Waals surface area contributed by atoms with Crippen molar-refractivity contribution in [1.29, 1.82) is 0 Å². The molecule has 1 atom stereocenters. The van der Waals surface area contributed by atoms with Gasteiger partial charge in [-0.25, -0.2) is 4.39 Å². The summed E-state index contributed by atoms with van der Waals surface area (Å²) >= 11 is 0. The maximum absolute atomic E-state index is 13.4. The first-order valence-electron chi connectivity index (χ1n) is 5.30. The van der Waals surface area contributed by atoms with Crippen molar-refractivity contribution in [3.05, 3.63) is 35.1 Å². The third kappa shape index (κ3) is 4.73. The quantitative estimate of drug-likeness (QED) is 0.803. The minimum atomic E-state index is -4.23. The molecule has 5 heteroatoms. The van der Waals surface area contributed by atoms with Gasteiger partial charge in [-0.15, -0.1) is 0 Å². The Labute approximate surface area is 97.1 Å². The molecule has 0 saturated heterocycles. The summed E-state index contributed by atoms with van der Waals surface area (Å²) in [6.07, 6.45) is -6.68. The highest BCUT2D eigenvalue weighted by molar-refractivity contribution is 5.25. The Morgan fingerprint density at radius 2 is 1.94 bits per heavy atom. The Morgan fingerprint density at radius 1 is 1.29 bits per heavy atom. The highest BCUT2D eigenvalue weighted by Gasteiger charge is 2.26. The van der Waals surface area contributed by atoms with E-state index in [1.165, 1.54) is 12.1 Å². The highest BCUT2D eigenvalue weighted by Crippen LogP contribution is 2.27. The van der Waals surface area contributed by atoms with Crippen LogP contribution in [0.5, 0.6) is 0 Å². The van der Waals surface area contributed by atoms with E-state index >= 15 is 0 Å². The van der Waals surface area contributed by atoms with Gasteiger partial charge >= 0.3 is 6.18 Å². The van der Waals surface area contributed by atoms with E-state index in [9.17, 15) is 22.7 Å². The number of benzene rings is 1. The molecule has 0 aliphatic carbocycles. The summed E-state index contributed by atoms with van der Waals surface area (Å²) in [6, 6.07) is 4.27. The van der Waals surface area contributed by atoms with Crippen molar-refractivity contribution in [2.24, 2.45) is 0 Å². The van der Waals surface area contributed by atoms with Crippen LogP contribution in [0.3, 0.4) is 0 Å². The van der Waals surface area contributed by atoms with E-state index in [2.05, 4.69) is 0 Å². The third-order valence-electron chi connectivity index (χ3n) is 2.45. The molecule has 96 valence electrons. The molecule has 0 spiro atoms. The molecule has 1 aromatic rings. The second kappa shape index (κ2) is 5.49. The van der Waals surface area contributed by atoms with Gasteiger partial charge in [0.25, 0.3) is 0 Å². The van der Waals surface area contributed by atoms with Gasteiger partial charge in [0.2, 0.25) is 0 Å². The Kier molecular flexibility index (Phi) is 4.51. The molecule has 1 N–H and O–H groups in total. The third-order valence-corrected chi connectivity index (χ3v) is 2.45. The van der Waals surface area contributed by atoms with E-state index in [0.29, 0.717) is 5.56 Å². The fraction of sp³-hybridized carbons (Fsp3) is 0.500. The summed E-state index contributed by atoms with van der Waals surface area (Å²) in [6.45, 7) is 1.70. The molecule has 1 nitrogen and oxygen atoms in total. The summed E-state index contributed by atoms with van der Waals surface area (Å²) in [5, 5.41) is 9.58. The maximum atomic E-state index is 13.4. The van der Waals surface area contributed by atoms with Gasteiger partial charge in [0.1, 0.15) is 5.82 Å². The molecule has 1 rings (SSSR count). The highest BCUT2D eigenvalue weighted by atomic mass is 19.4. The zero-order valence-corrected chi connectivity index (χ0v) is 9.39. The van der Waals surface area contributed by atoms with Crippen molar-refractivity contribution in [2.45, 2.75) is 38.5 Å². The molecule has 0 aromatic heterocycles. The van der Waals surface area contributed by atoms with Crippen LogP contribution in [-0.4, -0.2) is 11.3 Å². The van der Waals surface area contributed by atoms with E-state index in [0.717, 1.165) is 0 Å². The Morgan fingerprint density at radius 3 is 2.47 bits per heavy atom. The number of halogens is 4. The van der Waals surface area contributed by atoms with Gasteiger partial charge in [-0.05, 0) is 31.4 Å². The molecule has 1 unspecified atom stereocenters. The number of rotatable bonds is 4. The first kappa shape index (κ1) is 14.0. The van der Waals surface area contributed by atoms with Gasteiger partial charge in [-0.1, -0.05) is 12.1 Å². The predicted octanol–water partition coefficient (Wildman–Crippen LogP) is 3.90. The molecule has 0 aliphatic heterocycles. The maximum Gasteiger partial charge on any atom is 0.389 e. The molecule has 1 aromatic carbocycles. The lowest BCUT2D eigenvalue weighted by molar-refractivity contribution is -0.136. The van der Waals surface area contributed by atoms with Gasteiger partial charge in [0, 0.05) is 12.0 Å². The van der Waals surface area contributed by atoms with Crippen LogP contribution in [0.25, 0.3) is 0 Å². The first-order valence-corrected chi connectivity index (χ1v) is 5.30. The minimum Gasteiger partial charge on any atom is -0.388 e. The van der Waals surface area contributed by atoms with Crippen LogP contribution in [0.15, 0.2) is 18.2 Å². The van der Waals surface area contributed by atoms with Crippen molar-refractivity contribution in [2.75, 3.05) is 0 Å². The molecule has 0 heterocycles. The monoisotopic (exact) mass is 250 g/mol. The fourth-order valence-corrected chi connectivity index (χ4v) is 1.55. The van der Waals surface area contributed by atoms with Gasteiger partial charge in [0.05, 0.1) is 6.10 Å². The summed E-state index contributed by atoms with van der Waals surface area (Å²) in [4.78, 5) is 0. The summed E-state index contributed by atoms with van der Waals surface area (Å²) in [5.41, 5.74) is 0.756. The number of hydrogen-bond acceptors (Lipinski definition) is 1. The number of aryl methyl sites for hydroxylation is 1. The van der Waals surface area contributed by atoms with Gasteiger partial charge in [-0.2, -0.15) is 13.2 Å². The second-order valence-corrected chi connectivity index (χ2v) is 4.05. The Bertz CT molecular complexity index is 373. The number of hydrogen-bond donors (Lipinski definition) is 1. The second-order valence-electron chi connectivity index (χ2n) is 4.05. The standard InChI is InChI=1S/C12H14F4O/c1-8-4-5-9(10(13)7-8)11(17)3-2-6-12(14,15)16/h4-5,7,11,17H,2-3,6H2,1H3. The molecule has 0 aliphatic rings. The van der Waals surface area contributed by atoms with Gasteiger partial charge in [0.15, 0.2) is 0 Å². The molecule has 0 fully saturated rings. The van der Waals surface area contributed by atoms with Crippen LogP contribution in [0, 0.1) is 12.7 Å². The molecule has 0 amide bonds. The van der Waals surface area contributed by atoms with Crippen LogP contribution < -0.4 is 0 Å². The zero-order valence-electron chi connectivity index (χ0n) is 9.39. The van der Waals surface area contributed by atoms with E-state index in [4.69, 9.17) is 0 Å². The van der Waals surface area contributed by atoms with E-state index in [1.54, 1.807) is 13.0 Å². The lowest BCUT2D eigenvalue weighted by atomic mass is 10.0. The number of aliphatic hydroxyl groups is 1. The Hall–Kier alpha value is -1.10. The topological polar surface area (TPSA) is 20.2 Å². The minimum absolute atomic E-state index is 0.0535. The van der Waals surface area contributed by atoms with Crippen LogP contribution >= 0.6 is 0 Å². The van der Waals surface area contributed by atoms with Crippen LogP contribution in [0.2, 0.25) is 0 Å². The molecular weight excluding hydrogens is 236 g/mol. The fourth-order valence-electron chi connectivity index (χ4n) is 1.55. The summed E-state index contributed by atoms with van der Waals surface area (Å²) in [5.74, 6) is -0.579. The normalized spacial score (nSPS) is 13.8. The van der Waals surface area contributed by atoms with Crippen molar-refractivity contribution in [3.8, 4) is 0 Å². The van der Waals surface area contributed by atoms with E-state index < -0.39 is 24.5 Å². The first-order chi connectivity index (χ1) is 7.79. The van der Waals surface area contributed by atoms with Crippen LogP contribution in [0.4, 0.5) is 17.6 Å². The largest absolute Gasteiger partial charge is 0.389 e. The predicted molar refractivity (Wildman–Crippen MR) is 56.0 cm³/mol. The summed E-state index contributed by atoms with van der Waals surface area (Å²) < 4.78 is 49.0. The van der Waals surface area contributed by atoms with Crippen molar-refractivity contribution >= 4 is 0 Å². The number of aliphatic hydroxyl groups excluding tert-OH is 1. The molecule has 0 saturated carbocycles. The van der Waals surface area contributed by atoms with Crippen molar-refractivity contribution in [1.82, 2.24) is 0 Å². The molecular formula is C12H14F4O. The smallest absolute Gasteiger partial charge is 0.388 e. The lowest BCUT2D eigenvalue weighted by Crippen LogP contribution is -2.08. The SMILES string of the molecule is Cc1ccc(C(O)CCCC(F)(F)F)c(F)c1. The van der Waals surface area contributed by atoms with Crippen LogP contribution in [0.1, 0.15) is 36.5 Å².